The second-order valence-corrected chi connectivity index (χ2v) is 15.8. The SMILES string of the molecule is C[C@H](O[Si](C)(C)C(C)(C)C)[C@@H](CCOc1cccc(C(C)(C)C)c1)NC(=O)c1cnc[nH]1. The first kappa shape index (κ1) is 26.1. The second-order valence-electron chi connectivity index (χ2n) is 11.0. The van der Waals surface area contributed by atoms with E-state index in [1.165, 1.54) is 18.1 Å². The first-order valence-corrected chi connectivity index (χ1v) is 14.3. The van der Waals surface area contributed by atoms with Crippen LogP contribution in [0.4, 0.5) is 0 Å². The van der Waals surface area contributed by atoms with E-state index in [2.05, 4.69) is 82.1 Å². The van der Waals surface area contributed by atoms with Gasteiger partial charge in [-0.25, -0.2) is 4.98 Å². The molecule has 2 N–H and O–H groups in total. The quantitative estimate of drug-likeness (QED) is 0.473. The monoisotopic (exact) mass is 459 g/mol. The average Bonchev–Trinajstić information content (AvgIpc) is 3.20. The Kier molecular flexibility index (Phi) is 8.34. The highest BCUT2D eigenvalue weighted by atomic mass is 28.4. The van der Waals surface area contributed by atoms with Crippen LogP contribution in [-0.2, 0) is 9.84 Å². The van der Waals surface area contributed by atoms with Crippen molar-refractivity contribution >= 4 is 14.2 Å². The molecule has 178 valence electrons. The smallest absolute Gasteiger partial charge is 0.269 e. The molecular weight excluding hydrogens is 418 g/mol. The van der Waals surface area contributed by atoms with E-state index in [1.807, 2.05) is 19.1 Å². The van der Waals surface area contributed by atoms with Crippen LogP contribution in [0.2, 0.25) is 18.1 Å². The van der Waals surface area contributed by atoms with Crippen LogP contribution in [0.5, 0.6) is 5.75 Å². The summed E-state index contributed by atoms with van der Waals surface area (Å²) in [5.74, 6) is 0.655. The number of imidazole rings is 1. The molecule has 0 bridgehead atoms. The number of nitrogens with one attached hydrogen (secondary N) is 2. The summed E-state index contributed by atoms with van der Waals surface area (Å²) in [6, 6.07) is 8.02. The van der Waals surface area contributed by atoms with Gasteiger partial charge in [-0.1, -0.05) is 53.7 Å². The van der Waals surface area contributed by atoms with E-state index in [0.29, 0.717) is 18.7 Å². The molecule has 1 amide bonds. The van der Waals surface area contributed by atoms with Crippen molar-refractivity contribution in [1.82, 2.24) is 15.3 Å². The molecule has 0 aliphatic rings. The summed E-state index contributed by atoms with van der Waals surface area (Å²) >= 11 is 0. The molecule has 32 heavy (non-hydrogen) atoms. The van der Waals surface area contributed by atoms with E-state index in [4.69, 9.17) is 9.16 Å². The lowest BCUT2D eigenvalue weighted by Crippen LogP contribution is -2.51. The summed E-state index contributed by atoms with van der Waals surface area (Å²) in [5.41, 5.74) is 1.73. The lowest BCUT2D eigenvalue weighted by Gasteiger charge is -2.40. The third-order valence-corrected chi connectivity index (χ3v) is 10.9. The number of aromatic amines is 1. The van der Waals surface area contributed by atoms with Gasteiger partial charge in [0.15, 0.2) is 8.32 Å². The van der Waals surface area contributed by atoms with Crippen molar-refractivity contribution in [3.8, 4) is 5.75 Å². The Hall–Kier alpha value is -2.12. The normalized spacial score (nSPS) is 14.7. The molecule has 6 nitrogen and oxygen atoms in total. The minimum atomic E-state index is -1.99. The maximum Gasteiger partial charge on any atom is 0.269 e. The number of carbonyl (C=O) groups excluding carboxylic acids is 1. The van der Waals surface area contributed by atoms with Gasteiger partial charge in [-0.2, -0.15) is 0 Å². The molecule has 1 aromatic heterocycles. The molecule has 0 saturated heterocycles. The summed E-state index contributed by atoms with van der Waals surface area (Å²) in [7, 11) is -1.99. The van der Waals surface area contributed by atoms with Crippen molar-refractivity contribution < 1.29 is 14.0 Å². The van der Waals surface area contributed by atoms with Crippen molar-refractivity contribution in [1.29, 1.82) is 0 Å². The summed E-state index contributed by atoms with van der Waals surface area (Å²) in [6.07, 6.45) is 3.52. The van der Waals surface area contributed by atoms with E-state index >= 15 is 0 Å². The van der Waals surface area contributed by atoms with Crippen LogP contribution >= 0.6 is 0 Å². The minimum Gasteiger partial charge on any atom is -0.494 e. The molecule has 0 fully saturated rings. The molecule has 0 radical (unpaired) electrons. The van der Waals surface area contributed by atoms with Crippen LogP contribution in [0.3, 0.4) is 0 Å². The number of hydrogen-bond donors (Lipinski definition) is 2. The Morgan fingerprint density at radius 2 is 1.88 bits per heavy atom. The van der Waals surface area contributed by atoms with Crippen LogP contribution in [-0.4, -0.2) is 42.9 Å². The lowest BCUT2D eigenvalue weighted by atomic mass is 9.87. The summed E-state index contributed by atoms with van der Waals surface area (Å²) < 4.78 is 12.7. The molecule has 7 heteroatoms. The van der Waals surface area contributed by atoms with Crippen LogP contribution in [0, 0.1) is 0 Å². The summed E-state index contributed by atoms with van der Waals surface area (Å²) in [4.78, 5) is 19.5. The molecular formula is C25H41N3O3Si. The molecule has 2 rings (SSSR count). The van der Waals surface area contributed by atoms with Crippen LogP contribution < -0.4 is 10.1 Å². The van der Waals surface area contributed by atoms with Crippen molar-refractivity contribution in [2.24, 2.45) is 0 Å². The molecule has 1 aromatic carbocycles. The van der Waals surface area contributed by atoms with Crippen molar-refractivity contribution in [3.05, 3.63) is 48.0 Å². The van der Waals surface area contributed by atoms with Gasteiger partial charge >= 0.3 is 0 Å². The lowest BCUT2D eigenvalue weighted by molar-refractivity contribution is 0.0842. The molecule has 1 heterocycles. The number of ether oxygens (including phenoxy) is 1. The number of nitrogens with zero attached hydrogens (tertiary/aromatic N) is 1. The summed E-state index contributed by atoms with van der Waals surface area (Å²) in [5, 5.41) is 3.21. The molecule has 0 spiro atoms. The van der Waals surface area contributed by atoms with E-state index < -0.39 is 8.32 Å². The number of rotatable bonds is 9. The van der Waals surface area contributed by atoms with Gasteiger partial charge in [0.25, 0.3) is 5.91 Å². The van der Waals surface area contributed by atoms with Crippen LogP contribution in [0.1, 0.15) is 70.9 Å². The minimum absolute atomic E-state index is 0.0610. The molecule has 2 aromatic rings. The maximum absolute atomic E-state index is 12.7. The number of H-pyrrole nitrogens is 1. The zero-order valence-electron chi connectivity index (χ0n) is 21.2. The van der Waals surface area contributed by atoms with Gasteiger partial charge in [0.05, 0.1) is 31.3 Å². The van der Waals surface area contributed by atoms with Gasteiger partial charge in [-0.05, 0) is 48.2 Å². The van der Waals surface area contributed by atoms with Gasteiger partial charge in [-0.15, -0.1) is 0 Å². The topological polar surface area (TPSA) is 76.2 Å². The Bertz CT molecular complexity index is 867. The Morgan fingerprint density at radius 1 is 1.19 bits per heavy atom. The number of carbonyl (C=O) groups is 1. The predicted octanol–water partition coefficient (Wildman–Crippen LogP) is 5.69. The van der Waals surface area contributed by atoms with Gasteiger partial charge in [0, 0.05) is 6.42 Å². The van der Waals surface area contributed by atoms with Crippen LogP contribution in [0.15, 0.2) is 36.8 Å². The zero-order valence-corrected chi connectivity index (χ0v) is 22.2. The van der Waals surface area contributed by atoms with E-state index in [-0.39, 0.29) is 28.5 Å². The highest BCUT2D eigenvalue weighted by molar-refractivity contribution is 6.74. The third kappa shape index (κ3) is 7.20. The number of aromatic nitrogens is 2. The zero-order chi connectivity index (χ0) is 24.2. The van der Waals surface area contributed by atoms with E-state index in [1.54, 1.807) is 0 Å². The Labute approximate surface area is 194 Å². The number of benzene rings is 1. The number of hydrogen-bond acceptors (Lipinski definition) is 4. The first-order chi connectivity index (χ1) is 14.7. The van der Waals surface area contributed by atoms with E-state index in [0.717, 1.165) is 5.75 Å². The summed E-state index contributed by atoms with van der Waals surface area (Å²) in [6.45, 7) is 20.2. The fourth-order valence-electron chi connectivity index (χ4n) is 3.13. The molecule has 2 atom stereocenters. The third-order valence-electron chi connectivity index (χ3n) is 6.31. The highest BCUT2D eigenvalue weighted by Crippen LogP contribution is 2.37. The highest BCUT2D eigenvalue weighted by Gasteiger charge is 2.40. The molecule has 0 unspecified atom stereocenters. The van der Waals surface area contributed by atoms with Gasteiger partial charge < -0.3 is 19.5 Å². The number of amides is 1. The van der Waals surface area contributed by atoms with Crippen LogP contribution in [0.25, 0.3) is 0 Å². The average molecular weight is 460 g/mol. The van der Waals surface area contributed by atoms with Crippen molar-refractivity contribution in [3.63, 3.8) is 0 Å². The Balaban J connectivity index is 2.09. The first-order valence-electron chi connectivity index (χ1n) is 11.4. The molecule has 0 aliphatic carbocycles. The van der Waals surface area contributed by atoms with Gasteiger partial charge in [-0.3, -0.25) is 4.79 Å². The fourth-order valence-corrected chi connectivity index (χ4v) is 4.58. The predicted molar refractivity (Wildman–Crippen MR) is 133 cm³/mol. The largest absolute Gasteiger partial charge is 0.494 e. The van der Waals surface area contributed by atoms with Crippen molar-refractivity contribution in [2.45, 2.75) is 90.6 Å². The van der Waals surface area contributed by atoms with E-state index in [9.17, 15) is 4.79 Å². The van der Waals surface area contributed by atoms with Gasteiger partial charge in [0.2, 0.25) is 0 Å². The second kappa shape index (κ2) is 10.2. The molecule has 0 saturated carbocycles. The fraction of sp³-hybridized carbons (Fsp3) is 0.600. The maximum atomic E-state index is 12.7. The standard InChI is InChI=1S/C25H41N3O3Si/c1-18(31-32(8,9)25(5,6)7)21(28-23(29)22-16-26-17-27-22)13-14-30-20-12-10-11-19(15-20)24(2,3)4/h10-12,15-18,21H,13-14H2,1-9H3,(H,26,27)(H,28,29)/t18-,21+/m0/s1. The Morgan fingerprint density at radius 3 is 2.44 bits per heavy atom. The van der Waals surface area contributed by atoms with Crippen molar-refractivity contribution in [2.75, 3.05) is 6.61 Å². The van der Waals surface area contributed by atoms with Gasteiger partial charge in [0.1, 0.15) is 11.4 Å². The molecule has 0 aliphatic heterocycles.